The van der Waals surface area contributed by atoms with Crippen LogP contribution < -0.4 is 10.6 Å². The van der Waals surface area contributed by atoms with Crippen molar-refractivity contribution in [1.82, 2.24) is 10.6 Å². The summed E-state index contributed by atoms with van der Waals surface area (Å²) < 4.78 is 0. The van der Waals surface area contributed by atoms with Gasteiger partial charge in [0, 0.05) is 35.3 Å². The van der Waals surface area contributed by atoms with Gasteiger partial charge in [-0.25, -0.2) is 0 Å². The van der Waals surface area contributed by atoms with E-state index in [1.165, 1.54) is 13.8 Å². The Bertz CT molecular complexity index is 626. The van der Waals surface area contributed by atoms with Crippen molar-refractivity contribution in [1.29, 1.82) is 0 Å². The molecule has 1 rings (SSSR count). The number of rotatable bonds is 8. The molecule has 0 fully saturated rings. The first-order valence-electron chi connectivity index (χ1n) is 11.1. The zero-order valence-electron chi connectivity index (χ0n) is 21.0. The summed E-state index contributed by atoms with van der Waals surface area (Å²) in [5.41, 5.74) is 1.06. The first-order valence-corrected chi connectivity index (χ1v) is 11.1. The minimum atomic E-state index is -1.12. The second-order valence-electron chi connectivity index (χ2n) is 6.07. The molecule has 1 aromatic carbocycles. The molecule has 0 saturated heterocycles. The Balaban J connectivity index is -0.00000129. The van der Waals surface area contributed by atoms with Crippen LogP contribution in [0.3, 0.4) is 0 Å². The molecule has 2 amide bonds. The topological polar surface area (TPSA) is 159 Å². The summed E-state index contributed by atoms with van der Waals surface area (Å²) in [6.45, 7) is 15.2. The van der Waals surface area contributed by atoms with Crippen LogP contribution in [-0.4, -0.2) is 75.9 Å². The summed E-state index contributed by atoms with van der Waals surface area (Å²) in [6, 6.07) is 0. The zero-order chi connectivity index (χ0) is 26.0. The van der Waals surface area contributed by atoms with Gasteiger partial charge in [0.15, 0.2) is 0 Å². The maximum absolute atomic E-state index is 12.4. The third kappa shape index (κ3) is 10.4. The number of aliphatic hydroxyl groups excluding tert-OH is 4. The van der Waals surface area contributed by atoms with Gasteiger partial charge in [0.25, 0.3) is 11.8 Å². The van der Waals surface area contributed by atoms with E-state index >= 15 is 0 Å². The van der Waals surface area contributed by atoms with Crippen LogP contribution in [0.2, 0.25) is 0 Å². The number of hydrogen-bond donors (Lipinski definition) is 7. The lowest BCUT2D eigenvalue weighted by molar-refractivity contribution is 0.0798. The number of carbonyl (C=O) groups is 2. The molecule has 0 spiro atoms. The van der Waals surface area contributed by atoms with Gasteiger partial charge in [0.05, 0.1) is 25.4 Å². The van der Waals surface area contributed by atoms with E-state index in [-0.39, 0.29) is 41.1 Å². The average molecular weight is 461 g/mol. The molecule has 0 bridgehead atoms. The van der Waals surface area contributed by atoms with Crippen molar-refractivity contribution >= 4 is 11.8 Å². The Kier molecular flexibility index (Phi) is 21.0. The third-order valence-corrected chi connectivity index (χ3v) is 4.08. The Morgan fingerprint density at radius 1 is 0.688 bits per heavy atom. The Hall–Kier alpha value is -2.20. The minimum Gasteiger partial charge on any atom is -0.507 e. The van der Waals surface area contributed by atoms with E-state index in [1.54, 1.807) is 6.92 Å². The van der Waals surface area contributed by atoms with Crippen molar-refractivity contribution < 1.29 is 35.1 Å². The SMILES string of the molecule is CC.CC.CC.Cc1c(O)c(C)c(C(=O)NCC(O)CO)c(C)c1C(=O)NCC(O)CO. The van der Waals surface area contributed by atoms with E-state index < -0.39 is 37.2 Å². The summed E-state index contributed by atoms with van der Waals surface area (Å²) in [6.07, 6.45) is -2.25. The summed E-state index contributed by atoms with van der Waals surface area (Å²) >= 11 is 0. The molecule has 0 saturated carbocycles. The summed E-state index contributed by atoms with van der Waals surface area (Å²) in [4.78, 5) is 24.9. The van der Waals surface area contributed by atoms with Gasteiger partial charge in [0.2, 0.25) is 0 Å². The lowest BCUT2D eigenvalue weighted by Gasteiger charge is -2.19. The first-order chi connectivity index (χ1) is 15.1. The number of phenols is 1. The number of aromatic hydroxyl groups is 1. The fraction of sp³-hybridized carbons (Fsp3) is 0.652. The number of hydrogen-bond acceptors (Lipinski definition) is 7. The highest BCUT2D eigenvalue weighted by atomic mass is 16.3. The first kappa shape index (κ1) is 34.4. The van der Waals surface area contributed by atoms with E-state index in [1.807, 2.05) is 41.5 Å². The number of benzene rings is 1. The second-order valence-corrected chi connectivity index (χ2v) is 6.07. The molecule has 9 nitrogen and oxygen atoms in total. The smallest absolute Gasteiger partial charge is 0.252 e. The van der Waals surface area contributed by atoms with Gasteiger partial charge in [0.1, 0.15) is 5.75 Å². The number of phenolic OH excluding ortho intramolecular Hbond substituents is 1. The fourth-order valence-electron chi connectivity index (χ4n) is 2.61. The van der Waals surface area contributed by atoms with Gasteiger partial charge >= 0.3 is 0 Å². The third-order valence-electron chi connectivity index (χ3n) is 4.08. The molecule has 188 valence electrons. The summed E-state index contributed by atoms with van der Waals surface area (Å²) in [5, 5.41) is 51.5. The van der Waals surface area contributed by atoms with Gasteiger partial charge in [-0.15, -0.1) is 0 Å². The molecule has 0 aromatic heterocycles. The van der Waals surface area contributed by atoms with Crippen LogP contribution in [0.5, 0.6) is 5.75 Å². The predicted molar refractivity (Wildman–Crippen MR) is 127 cm³/mol. The Labute approximate surface area is 192 Å². The van der Waals surface area contributed by atoms with Crippen molar-refractivity contribution in [2.24, 2.45) is 0 Å². The van der Waals surface area contributed by atoms with E-state index in [2.05, 4.69) is 10.6 Å². The number of aliphatic hydroxyl groups is 4. The van der Waals surface area contributed by atoms with Crippen molar-refractivity contribution in [3.05, 3.63) is 27.8 Å². The molecule has 7 N–H and O–H groups in total. The standard InChI is InChI=1S/C17H26N2O7.3C2H6/c1-8-13(16(25)18-4-11(22)6-20)9(2)15(24)10(3)14(8)17(26)19-5-12(23)7-21;3*1-2/h11-12,20-24H,4-7H2,1-3H3,(H,18,25)(H,19,26);3*1-2H3. The lowest BCUT2D eigenvalue weighted by atomic mass is 9.91. The minimum absolute atomic E-state index is 0.0890. The monoisotopic (exact) mass is 460 g/mol. The molecule has 1 aromatic rings. The van der Waals surface area contributed by atoms with Crippen molar-refractivity contribution in [2.75, 3.05) is 26.3 Å². The maximum Gasteiger partial charge on any atom is 0.252 e. The molecule has 0 radical (unpaired) electrons. The molecule has 9 heteroatoms. The van der Waals surface area contributed by atoms with Crippen LogP contribution in [0, 0.1) is 20.8 Å². The zero-order valence-corrected chi connectivity index (χ0v) is 21.0. The number of amides is 2. The molecule has 2 atom stereocenters. The number of carbonyl (C=O) groups excluding carboxylic acids is 2. The van der Waals surface area contributed by atoms with E-state index in [0.29, 0.717) is 5.56 Å². The van der Waals surface area contributed by atoms with Crippen molar-refractivity contribution in [3.8, 4) is 5.75 Å². The molecule has 0 heterocycles. The molecule has 0 aliphatic rings. The van der Waals surface area contributed by atoms with E-state index in [0.717, 1.165) is 0 Å². The summed E-state index contributed by atoms with van der Waals surface area (Å²) in [7, 11) is 0. The van der Waals surface area contributed by atoms with Crippen LogP contribution in [0.15, 0.2) is 0 Å². The van der Waals surface area contributed by atoms with Gasteiger partial charge < -0.3 is 36.2 Å². The fourth-order valence-corrected chi connectivity index (χ4v) is 2.61. The van der Waals surface area contributed by atoms with Crippen LogP contribution in [0.25, 0.3) is 0 Å². The quantitative estimate of drug-likeness (QED) is 0.310. The highest BCUT2D eigenvalue weighted by molar-refractivity contribution is 6.05. The van der Waals surface area contributed by atoms with Crippen LogP contribution in [-0.2, 0) is 0 Å². The van der Waals surface area contributed by atoms with Gasteiger partial charge in [-0.2, -0.15) is 0 Å². The molecular formula is C23H44N2O7. The van der Waals surface area contributed by atoms with Crippen LogP contribution in [0.4, 0.5) is 0 Å². The van der Waals surface area contributed by atoms with Crippen molar-refractivity contribution in [3.63, 3.8) is 0 Å². The highest BCUT2D eigenvalue weighted by Crippen LogP contribution is 2.32. The molecular weight excluding hydrogens is 416 g/mol. The Morgan fingerprint density at radius 2 is 0.969 bits per heavy atom. The second kappa shape index (κ2) is 19.5. The van der Waals surface area contributed by atoms with Gasteiger partial charge in [-0.1, -0.05) is 41.5 Å². The predicted octanol–water partition coefficient (Wildman–Crippen LogP) is 1.56. The van der Waals surface area contributed by atoms with Gasteiger partial charge in [-0.3, -0.25) is 9.59 Å². The normalized spacial score (nSPS) is 11.3. The number of nitrogens with one attached hydrogen (secondary N) is 2. The molecule has 32 heavy (non-hydrogen) atoms. The molecule has 2 unspecified atom stereocenters. The van der Waals surface area contributed by atoms with E-state index in [4.69, 9.17) is 10.2 Å². The molecule has 0 aliphatic carbocycles. The van der Waals surface area contributed by atoms with Crippen LogP contribution >= 0.6 is 0 Å². The summed E-state index contributed by atoms with van der Waals surface area (Å²) in [5.74, 6) is -1.42. The van der Waals surface area contributed by atoms with Crippen molar-refractivity contribution in [2.45, 2.75) is 74.5 Å². The average Bonchev–Trinajstić information content (AvgIpc) is 2.83. The lowest BCUT2D eigenvalue weighted by Crippen LogP contribution is -2.36. The highest BCUT2D eigenvalue weighted by Gasteiger charge is 2.25. The Morgan fingerprint density at radius 3 is 1.22 bits per heavy atom. The van der Waals surface area contributed by atoms with Crippen LogP contribution in [0.1, 0.15) is 78.9 Å². The largest absolute Gasteiger partial charge is 0.507 e. The van der Waals surface area contributed by atoms with E-state index in [9.17, 15) is 24.9 Å². The van der Waals surface area contributed by atoms with Gasteiger partial charge in [-0.05, 0) is 26.3 Å². The maximum atomic E-state index is 12.4. The molecule has 0 aliphatic heterocycles.